The molecule has 0 atom stereocenters. The molecule has 0 saturated heterocycles. The highest BCUT2D eigenvalue weighted by atomic mass is 32.2. The zero-order valence-corrected chi connectivity index (χ0v) is 34.9. The zero-order chi connectivity index (χ0) is 40.7. The van der Waals surface area contributed by atoms with Crippen LogP contribution in [-0.2, 0) is 14.4 Å². The van der Waals surface area contributed by atoms with Gasteiger partial charge in [0.15, 0.2) is 12.6 Å². The van der Waals surface area contributed by atoms with Crippen LogP contribution >= 0.6 is 47.0 Å². The van der Waals surface area contributed by atoms with Crippen molar-refractivity contribution in [3.05, 3.63) is 243 Å². The summed E-state index contributed by atoms with van der Waals surface area (Å²) in [6, 6.07) is 83.2. The van der Waals surface area contributed by atoms with Crippen LogP contribution in [0, 0.1) is 0 Å². The summed E-state index contributed by atoms with van der Waals surface area (Å²) >= 11 is 7.15. The number of benzene rings is 8. The predicted molar refractivity (Wildman–Crippen MR) is 245 cm³/mol. The molecule has 0 aliphatic rings. The summed E-state index contributed by atoms with van der Waals surface area (Å²) in [5.74, 6) is -1.02. The van der Waals surface area contributed by atoms with Gasteiger partial charge in [-0.3, -0.25) is 14.4 Å². The SMILES string of the molecule is O=CC(=O)C=O.c1ccc(Sc2ccccc2)cc1.c1ccc(Sc2ccccc2)cc1.c1ccc(Sc2ccccc2)cc1.c1ccc(Sc2ccccc2)cc1. The largest absolute Gasteiger partial charge is 0.294 e. The highest BCUT2D eigenvalue weighted by Crippen LogP contribution is 2.29. The van der Waals surface area contributed by atoms with Crippen molar-refractivity contribution in [2.75, 3.05) is 0 Å². The van der Waals surface area contributed by atoms with E-state index in [9.17, 15) is 4.79 Å². The number of hydrogen-bond acceptors (Lipinski definition) is 7. The first kappa shape index (κ1) is 44.9. The molecule has 0 amide bonds. The van der Waals surface area contributed by atoms with Crippen molar-refractivity contribution >= 4 is 65.4 Å². The van der Waals surface area contributed by atoms with Crippen LogP contribution in [0.2, 0.25) is 0 Å². The lowest BCUT2D eigenvalue weighted by molar-refractivity contribution is -0.135. The highest BCUT2D eigenvalue weighted by Gasteiger charge is 1.96. The Labute approximate surface area is 359 Å². The maximum absolute atomic E-state index is 9.44. The van der Waals surface area contributed by atoms with E-state index in [2.05, 4.69) is 194 Å². The van der Waals surface area contributed by atoms with Crippen LogP contribution in [0.3, 0.4) is 0 Å². The Bertz CT molecular complexity index is 1780. The molecule has 58 heavy (non-hydrogen) atoms. The maximum Gasteiger partial charge on any atom is 0.257 e. The van der Waals surface area contributed by atoms with Crippen LogP contribution in [0.25, 0.3) is 0 Å². The van der Waals surface area contributed by atoms with E-state index in [1.165, 1.54) is 39.2 Å². The second kappa shape index (κ2) is 28.5. The summed E-state index contributed by atoms with van der Waals surface area (Å²) in [6.45, 7) is 0. The van der Waals surface area contributed by atoms with E-state index in [1.54, 1.807) is 47.0 Å². The molecule has 0 aromatic heterocycles. The molecular weight excluding hydrogens is 789 g/mol. The Morgan fingerprint density at radius 1 is 0.241 bits per heavy atom. The van der Waals surface area contributed by atoms with Crippen LogP contribution in [0.4, 0.5) is 0 Å². The topological polar surface area (TPSA) is 51.2 Å². The molecule has 8 aromatic carbocycles. The van der Waals surface area contributed by atoms with Crippen molar-refractivity contribution in [2.24, 2.45) is 0 Å². The molecule has 0 aliphatic carbocycles. The third-order valence-electron chi connectivity index (χ3n) is 7.12. The lowest BCUT2D eigenvalue weighted by atomic mass is 10.4. The van der Waals surface area contributed by atoms with Gasteiger partial charge in [-0.1, -0.05) is 193 Å². The number of carbonyl (C=O) groups is 3. The molecule has 0 unspecified atom stereocenters. The molecule has 0 bridgehead atoms. The molecule has 0 fully saturated rings. The zero-order valence-electron chi connectivity index (χ0n) is 31.6. The molecule has 0 heterocycles. The first-order chi connectivity index (χ1) is 28.6. The molecule has 288 valence electrons. The highest BCUT2D eigenvalue weighted by molar-refractivity contribution is 8.00. The van der Waals surface area contributed by atoms with Gasteiger partial charge in [-0.15, -0.1) is 0 Å². The van der Waals surface area contributed by atoms with E-state index in [4.69, 9.17) is 9.59 Å². The van der Waals surface area contributed by atoms with E-state index in [0.29, 0.717) is 0 Å². The van der Waals surface area contributed by atoms with Crippen molar-refractivity contribution < 1.29 is 14.4 Å². The number of carbonyl (C=O) groups excluding carboxylic acids is 3. The van der Waals surface area contributed by atoms with Gasteiger partial charge < -0.3 is 0 Å². The van der Waals surface area contributed by atoms with Crippen molar-refractivity contribution in [1.29, 1.82) is 0 Å². The fraction of sp³-hybridized carbons (Fsp3) is 0. The van der Waals surface area contributed by atoms with Gasteiger partial charge in [0.05, 0.1) is 0 Å². The molecule has 8 rings (SSSR count). The first-order valence-corrected chi connectivity index (χ1v) is 21.4. The summed E-state index contributed by atoms with van der Waals surface area (Å²) in [6.07, 6.45) is -0.0694. The second-order valence-electron chi connectivity index (χ2n) is 11.6. The van der Waals surface area contributed by atoms with Gasteiger partial charge >= 0.3 is 0 Å². The third-order valence-corrected chi connectivity index (χ3v) is 11.2. The van der Waals surface area contributed by atoms with Gasteiger partial charge in [-0.2, -0.15) is 0 Å². The Morgan fingerprint density at radius 2 is 0.362 bits per heavy atom. The third kappa shape index (κ3) is 19.9. The minimum Gasteiger partial charge on any atom is -0.294 e. The minimum absolute atomic E-state index is 0.0347. The molecule has 7 heteroatoms. The summed E-state index contributed by atoms with van der Waals surface area (Å²) < 4.78 is 0. The monoisotopic (exact) mass is 830 g/mol. The van der Waals surface area contributed by atoms with Gasteiger partial charge in [0.1, 0.15) is 0 Å². The van der Waals surface area contributed by atoms with Crippen molar-refractivity contribution in [3.63, 3.8) is 0 Å². The summed E-state index contributed by atoms with van der Waals surface area (Å²) in [5, 5.41) is 0. The van der Waals surface area contributed by atoms with Gasteiger partial charge in [-0.25, -0.2) is 0 Å². The number of hydrogen-bond donors (Lipinski definition) is 0. The quantitative estimate of drug-likeness (QED) is 0.0773. The average molecular weight is 831 g/mol. The smallest absolute Gasteiger partial charge is 0.257 e. The fourth-order valence-electron chi connectivity index (χ4n) is 4.48. The second-order valence-corrected chi connectivity index (χ2v) is 16.1. The van der Waals surface area contributed by atoms with Crippen LogP contribution in [-0.4, -0.2) is 18.4 Å². The van der Waals surface area contributed by atoms with Crippen molar-refractivity contribution in [2.45, 2.75) is 39.2 Å². The maximum atomic E-state index is 9.44. The molecule has 0 saturated carbocycles. The van der Waals surface area contributed by atoms with Crippen LogP contribution in [0.5, 0.6) is 0 Å². The lowest BCUT2D eigenvalue weighted by Crippen LogP contribution is -1.97. The van der Waals surface area contributed by atoms with Crippen molar-refractivity contribution in [1.82, 2.24) is 0 Å². The van der Waals surface area contributed by atoms with Gasteiger partial charge in [0.2, 0.25) is 0 Å². The molecule has 0 N–H and O–H groups in total. The number of Topliss-reactive ketones (excluding diaryl/α,β-unsaturated/α-hetero) is 1. The first-order valence-electron chi connectivity index (χ1n) is 18.2. The summed E-state index contributed by atoms with van der Waals surface area (Å²) in [4.78, 5) is 38.0. The van der Waals surface area contributed by atoms with E-state index in [-0.39, 0.29) is 12.6 Å². The van der Waals surface area contributed by atoms with E-state index < -0.39 is 5.78 Å². The molecule has 8 aromatic rings. The molecule has 0 radical (unpaired) electrons. The Morgan fingerprint density at radius 3 is 0.448 bits per heavy atom. The van der Waals surface area contributed by atoms with Crippen molar-refractivity contribution in [3.8, 4) is 0 Å². The Hall–Kier alpha value is -5.83. The van der Waals surface area contributed by atoms with E-state index >= 15 is 0 Å². The average Bonchev–Trinajstić information content (AvgIpc) is 3.30. The normalized spacial score (nSPS) is 9.52. The predicted octanol–water partition coefficient (Wildman–Crippen LogP) is 14.3. The van der Waals surface area contributed by atoms with Gasteiger partial charge in [0, 0.05) is 39.2 Å². The molecule has 3 nitrogen and oxygen atoms in total. The Kier molecular flexibility index (Phi) is 22.1. The number of ketones is 1. The summed E-state index contributed by atoms with van der Waals surface area (Å²) in [7, 11) is 0. The van der Waals surface area contributed by atoms with Gasteiger partial charge in [-0.05, 0) is 97.1 Å². The molecular formula is C51H42O3S4. The van der Waals surface area contributed by atoms with Crippen LogP contribution < -0.4 is 0 Å². The van der Waals surface area contributed by atoms with Crippen LogP contribution in [0.1, 0.15) is 0 Å². The number of aldehydes is 2. The molecule has 0 aliphatic heterocycles. The summed E-state index contributed by atoms with van der Waals surface area (Å²) in [5.41, 5.74) is 0. The van der Waals surface area contributed by atoms with Gasteiger partial charge in [0.25, 0.3) is 5.78 Å². The standard InChI is InChI=1S/4C12H10S.C3H2O3/c4*1-3-7-11(8-4-1)13-12-9-5-2-6-10-12;4-1-3(6)2-5/h4*1-10H;1-2H. The van der Waals surface area contributed by atoms with E-state index in [0.717, 1.165) is 0 Å². The van der Waals surface area contributed by atoms with Crippen LogP contribution in [0.15, 0.2) is 282 Å². The lowest BCUT2D eigenvalue weighted by Gasteiger charge is -1.99. The number of rotatable bonds is 10. The minimum atomic E-state index is -1.02. The fourth-order valence-corrected chi connectivity index (χ4v) is 7.91. The molecule has 0 spiro atoms. The Balaban J connectivity index is 0.000000164. The van der Waals surface area contributed by atoms with E-state index in [1.807, 2.05) is 48.5 Å².